The van der Waals surface area contributed by atoms with Crippen LogP contribution in [0.2, 0.25) is 0 Å². The first-order valence-electron chi connectivity index (χ1n) is 6.04. The van der Waals surface area contributed by atoms with E-state index in [1.807, 2.05) is 48.5 Å². The Labute approximate surface area is 113 Å². The molecule has 0 atom stereocenters. The average molecular weight is 253 g/mol. The quantitative estimate of drug-likeness (QED) is 0.820. The van der Waals surface area contributed by atoms with E-state index in [2.05, 4.69) is 6.07 Å². The highest BCUT2D eigenvalue weighted by atomic mass is 16.5. The van der Waals surface area contributed by atoms with E-state index in [1.165, 1.54) is 0 Å². The van der Waals surface area contributed by atoms with Crippen molar-refractivity contribution in [2.45, 2.75) is 13.0 Å². The molecule has 0 fully saturated rings. The van der Waals surface area contributed by atoms with Gasteiger partial charge in [0.05, 0.1) is 19.6 Å². The van der Waals surface area contributed by atoms with Crippen LogP contribution in [0.25, 0.3) is 0 Å². The Balaban J connectivity index is 2.09. The molecule has 0 radical (unpaired) electrons. The standard InChI is InChI=1S/C16H15NO2/c1-18-16-8-7-15(11-14(16)9-10-17)19-12-13-5-3-2-4-6-13/h2-8,11H,9,12H2,1H3. The highest BCUT2D eigenvalue weighted by molar-refractivity contribution is 5.41. The van der Waals surface area contributed by atoms with E-state index in [1.54, 1.807) is 7.11 Å². The molecule has 0 heterocycles. The Morgan fingerprint density at radius 3 is 2.58 bits per heavy atom. The molecule has 0 spiro atoms. The van der Waals surface area contributed by atoms with Crippen molar-refractivity contribution in [3.63, 3.8) is 0 Å². The summed E-state index contributed by atoms with van der Waals surface area (Å²) in [4.78, 5) is 0. The Morgan fingerprint density at radius 1 is 1.11 bits per heavy atom. The minimum absolute atomic E-state index is 0.311. The van der Waals surface area contributed by atoms with Gasteiger partial charge in [0.2, 0.25) is 0 Å². The van der Waals surface area contributed by atoms with Crippen molar-refractivity contribution >= 4 is 0 Å². The van der Waals surface area contributed by atoms with Crippen LogP contribution in [0.15, 0.2) is 48.5 Å². The normalized spacial score (nSPS) is 9.68. The first-order chi connectivity index (χ1) is 9.33. The van der Waals surface area contributed by atoms with Crippen molar-refractivity contribution in [1.82, 2.24) is 0 Å². The van der Waals surface area contributed by atoms with Crippen LogP contribution in [-0.2, 0) is 13.0 Å². The third kappa shape index (κ3) is 3.49. The van der Waals surface area contributed by atoms with E-state index < -0.39 is 0 Å². The van der Waals surface area contributed by atoms with Crippen LogP contribution in [-0.4, -0.2) is 7.11 Å². The topological polar surface area (TPSA) is 42.2 Å². The fraction of sp³-hybridized carbons (Fsp3) is 0.188. The van der Waals surface area contributed by atoms with Gasteiger partial charge in [-0.3, -0.25) is 0 Å². The maximum absolute atomic E-state index is 8.79. The number of hydrogen-bond acceptors (Lipinski definition) is 3. The Bertz CT molecular complexity index is 573. The first kappa shape index (κ1) is 13.0. The van der Waals surface area contributed by atoms with Crippen LogP contribution in [0, 0.1) is 11.3 Å². The molecule has 0 N–H and O–H groups in total. The summed E-state index contributed by atoms with van der Waals surface area (Å²) in [7, 11) is 1.60. The molecule has 0 unspecified atom stereocenters. The molecule has 2 rings (SSSR count). The summed E-state index contributed by atoms with van der Waals surface area (Å²) in [5.74, 6) is 1.46. The molecule has 2 aromatic carbocycles. The Hall–Kier alpha value is -2.47. The van der Waals surface area contributed by atoms with Gasteiger partial charge in [-0.1, -0.05) is 30.3 Å². The molecule has 3 heteroatoms. The summed E-state index contributed by atoms with van der Waals surface area (Å²) >= 11 is 0. The molecule has 0 saturated carbocycles. The Kier molecular flexibility index (Phi) is 4.41. The minimum Gasteiger partial charge on any atom is -0.496 e. The van der Waals surface area contributed by atoms with E-state index >= 15 is 0 Å². The molecule has 3 nitrogen and oxygen atoms in total. The van der Waals surface area contributed by atoms with Gasteiger partial charge in [-0.2, -0.15) is 5.26 Å². The molecule has 96 valence electrons. The molecule has 0 amide bonds. The predicted molar refractivity (Wildman–Crippen MR) is 73.1 cm³/mol. The second kappa shape index (κ2) is 6.46. The Morgan fingerprint density at radius 2 is 1.89 bits per heavy atom. The summed E-state index contributed by atoms with van der Waals surface area (Å²) in [5, 5.41) is 8.79. The maximum Gasteiger partial charge on any atom is 0.123 e. The van der Waals surface area contributed by atoms with E-state index in [0.29, 0.717) is 18.8 Å². The van der Waals surface area contributed by atoms with Gasteiger partial charge in [-0.15, -0.1) is 0 Å². The second-order valence-corrected chi connectivity index (χ2v) is 4.08. The van der Waals surface area contributed by atoms with Crippen LogP contribution >= 0.6 is 0 Å². The minimum atomic E-state index is 0.311. The number of methoxy groups -OCH3 is 1. The first-order valence-corrected chi connectivity index (χ1v) is 6.04. The molecular weight excluding hydrogens is 238 g/mol. The lowest BCUT2D eigenvalue weighted by molar-refractivity contribution is 0.305. The maximum atomic E-state index is 8.79. The zero-order chi connectivity index (χ0) is 13.5. The number of benzene rings is 2. The lowest BCUT2D eigenvalue weighted by Crippen LogP contribution is -1.97. The monoisotopic (exact) mass is 253 g/mol. The zero-order valence-electron chi connectivity index (χ0n) is 10.8. The van der Waals surface area contributed by atoms with Crippen LogP contribution in [0.4, 0.5) is 0 Å². The summed E-state index contributed by atoms with van der Waals surface area (Å²) in [6, 6.07) is 17.6. The number of nitrogens with zero attached hydrogens (tertiary/aromatic N) is 1. The van der Waals surface area contributed by atoms with Gasteiger partial charge in [0.15, 0.2) is 0 Å². The van der Waals surface area contributed by atoms with Crippen LogP contribution in [0.1, 0.15) is 11.1 Å². The fourth-order valence-electron chi connectivity index (χ4n) is 1.81. The molecule has 0 aliphatic rings. The zero-order valence-corrected chi connectivity index (χ0v) is 10.8. The molecule has 0 bridgehead atoms. The van der Waals surface area contributed by atoms with Crippen molar-refractivity contribution < 1.29 is 9.47 Å². The van der Waals surface area contributed by atoms with E-state index in [0.717, 1.165) is 16.9 Å². The highest BCUT2D eigenvalue weighted by Crippen LogP contribution is 2.24. The van der Waals surface area contributed by atoms with Crippen molar-refractivity contribution in [3.05, 3.63) is 59.7 Å². The van der Waals surface area contributed by atoms with Crippen LogP contribution < -0.4 is 9.47 Å². The largest absolute Gasteiger partial charge is 0.496 e. The van der Waals surface area contributed by atoms with Gasteiger partial charge in [0.1, 0.15) is 18.1 Å². The number of nitriles is 1. The summed E-state index contributed by atoms with van der Waals surface area (Å²) < 4.78 is 10.9. The lowest BCUT2D eigenvalue weighted by atomic mass is 10.1. The van der Waals surface area contributed by atoms with Crippen molar-refractivity contribution in [1.29, 1.82) is 5.26 Å². The molecule has 0 saturated heterocycles. The molecule has 19 heavy (non-hydrogen) atoms. The van der Waals surface area contributed by atoms with Gasteiger partial charge in [0.25, 0.3) is 0 Å². The number of hydrogen-bond donors (Lipinski definition) is 0. The van der Waals surface area contributed by atoms with Gasteiger partial charge < -0.3 is 9.47 Å². The molecular formula is C16H15NO2. The lowest BCUT2D eigenvalue weighted by Gasteiger charge is -2.10. The predicted octanol–water partition coefficient (Wildman–Crippen LogP) is 3.34. The van der Waals surface area contributed by atoms with Crippen LogP contribution in [0.3, 0.4) is 0 Å². The summed E-state index contributed by atoms with van der Waals surface area (Å²) in [5.41, 5.74) is 1.95. The second-order valence-electron chi connectivity index (χ2n) is 4.08. The highest BCUT2D eigenvalue weighted by Gasteiger charge is 2.05. The average Bonchev–Trinajstić information content (AvgIpc) is 2.47. The van der Waals surface area contributed by atoms with Crippen LogP contribution in [0.5, 0.6) is 11.5 Å². The molecule has 0 aliphatic heterocycles. The van der Waals surface area contributed by atoms with E-state index in [4.69, 9.17) is 14.7 Å². The number of rotatable bonds is 5. The summed E-state index contributed by atoms with van der Waals surface area (Å²) in [6.45, 7) is 0.513. The number of ether oxygens (including phenoxy) is 2. The molecule has 0 aromatic heterocycles. The van der Waals surface area contributed by atoms with Gasteiger partial charge in [-0.05, 0) is 23.8 Å². The molecule has 2 aromatic rings. The third-order valence-corrected chi connectivity index (χ3v) is 2.77. The van der Waals surface area contributed by atoms with Gasteiger partial charge in [0, 0.05) is 5.56 Å². The smallest absolute Gasteiger partial charge is 0.123 e. The van der Waals surface area contributed by atoms with Gasteiger partial charge in [-0.25, -0.2) is 0 Å². The van der Waals surface area contributed by atoms with Gasteiger partial charge >= 0.3 is 0 Å². The van der Waals surface area contributed by atoms with Crippen molar-refractivity contribution in [3.8, 4) is 17.6 Å². The fourth-order valence-corrected chi connectivity index (χ4v) is 1.81. The van der Waals surface area contributed by atoms with Crippen molar-refractivity contribution in [2.24, 2.45) is 0 Å². The SMILES string of the molecule is COc1ccc(OCc2ccccc2)cc1CC#N. The third-order valence-electron chi connectivity index (χ3n) is 2.77. The molecule has 0 aliphatic carbocycles. The van der Waals surface area contributed by atoms with Crippen molar-refractivity contribution in [2.75, 3.05) is 7.11 Å². The van der Waals surface area contributed by atoms with E-state index in [9.17, 15) is 0 Å². The van der Waals surface area contributed by atoms with E-state index in [-0.39, 0.29) is 0 Å². The summed E-state index contributed by atoms with van der Waals surface area (Å²) in [6.07, 6.45) is 0.311.